The second kappa shape index (κ2) is 12.3. The van der Waals surface area contributed by atoms with Gasteiger partial charge in [-0.05, 0) is 37.2 Å². The first-order valence-electron chi connectivity index (χ1n) is 9.61. The van der Waals surface area contributed by atoms with Gasteiger partial charge in [0, 0.05) is 13.1 Å². The summed E-state index contributed by atoms with van der Waals surface area (Å²) in [5.74, 6) is 1.49. The van der Waals surface area contributed by atoms with Gasteiger partial charge < -0.3 is 19.7 Å². The molecule has 148 valence electrons. The van der Waals surface area contributed by atoms with Gasteiger partial charge in [0.2, 0.25) is 0 Å². The minimum atomic E-state index is -0.621. The first-order chi connectivity index (χ1) is 13.2. The van der Waals surface area contributed by atoms with Gasteiger partial charge in [-0.1, -0.05) is 49.7 Å². The molecule has 0 radical (unpaired) electrons. The van der Waals surface area contributed by atoms with Crippen molar-refractivity contribution in [3.8, 4) is 11.5 Å². The molecule has 0 aliphatic heterocycles. The minimum Gasteiger partial charge on any atom is -0.491 e. The third-order valence-corrected chi connectivity index (χ3v) is 4.14. The highest BCUT2D eigenvalue weighted by molar-refractivity contribution is 5.21. The number of aliphatic hydroxyl groups is 2. The van der Waals surface area contributed by atoms with Crippen molar-refractivity contribution in [2.75, 3.05) is 32.8 Å². The van der Waals surface area contributed by atoms with Crippen molar-refractivity contribution in [2.24, 2.45) is 0 Å². The Morgan fingerprint density at radius 3 is 1.63 bits per heavy atom. The number of rotatable bonds is 13. The number of hydrogen-bond donors (Lipinski definition) is 2. The molecule has 0 amide bonds. The number of ether oxygens (including phenoxy) is 2. The zero-order chi connectivity index (χ0) is 19.3. The summed E-state index contributed by atoms with van der Waals surface area (Å²) in [6.45, 7) is 4.31. The molecule has 2 unspecified atom stereocenters. The maximum Gasteiger partial charge on any atom is 0.119 e. The highest BCUT2D eigenvalue weighted by atomic mass is 16.5. The zero-order valence-electron chi connectivity index (χ0n) is 16.0. The lowest BCUT2D eigenvalue weighted by molar-refractivity contribution is 0.0309. The van der Waals surface area contributed by atoms with Crippen LogP contribution >= 0.6 is 0 Å². The van der Waals surface area contributed by atoms with Crippen molar-refractivity contribution in [1.29, 1.82) is 0 Å². The Balaban J connectivity index is 1.76. The number of unbranched alkanes of at least 4 members (excludes halogenated alkanes) is 1. The van der Waals surface area contributed by atoms with Gasteiger partial charge in [-0.25, -0.2) is 0 Å². The number of para-hydroxylation sites is 2. The van der Waals surface area contributed by atoms with Crippen molar-refractivity contribution < 1.29 is 19.7 Å². The lowest BCUT2D eigenvalue weighted by Gasteiger charge is -2.27. The topological polar surface area (TPSA) is 62.2 Å². The van der Waals surface area contributed by atoms with Crippen LogP contribution < -0.4 is 9.47 Å². The van der Waals surface area contributed by atoms with Crippen LogP contribution in [0.3, 0.4) is 0 Å². The van der Waals surface area contributed by atoms with Crippen LogP contribution in [-0.2, 0) is 0 Å². The van der Waals surface area contributed by atoms with E-state index < -0.39 is 12.2 Å². The molecule has 2 N–H and O–H groups in total. The van der Waals surface area contributed by atoms with Crippen LogP contribution in [-0.4, -0.2) is 60.2 Å². The summed E-state index contributed by atoms with van der Waals surface area (Å²) < 4.78 is 11.2. The predicted molar refractivity (Wildman–Crippen MR) is 107 cm³/mol. The van der Waals surface area contributed by atoms with Gasteiger partial charge >= 0.3 is 0 Å². The Bertz CT molecular complexity index is 557. The SMILES string of the molecule is CCCCN(CC(O)COc1ccccc1)CC(O)COc1ccccc1. The summed E-state index contributed by atoms with van der Waals surface area (Å²) in [6, 6.07) is 18.9. The third-order valence-electron chi connectivity index (χ3n) is 4.14. The number of aliphatic hydroxyl groups excluding tert-OH is 2. The van der Waals surface area contributed by atoms with Crippen LogP contribution in [0, 0.1) is 0 Å². The molecule has 0 fully saturated rings. The van der Waals surface area contributed by atoms with Gasteiger partial charge in [-0.15, -0.1) is 0 Å². The van der Waals surface area contributed by atoms with Gasteiger partial charge in [-0.2, -0.15) is 0 Å². The molecule has 0 saturated carbocycles. The lowest BCUT2D eigenvalue weighted by atomic mass is 10.2. The average Bonchev–Trinajstić information content (AvgIpc) is 2.70. The molecule has 0 aromatic heterocycles. The van der Waals surface area contributed by atoms with E-state index in [2.05, 4.69) is 11.8 Å². The minimum absolute atomic E-state index is 0.225. The Labute approximate surface area is 162 Å². The zero-order valence-corrected chi connectivity index (χ0v) is 16.0. The van der Waals surface area contributed by atoms with E-state index in [0.29, 0.717) is 13.1 Å². The standard InChI is InChI=1S/C22H31NO4/c1-2-3-14-23(15-19(24)17-26-21-10-6-4-7-11-21)16-20(25)18-27-22-12-8-5-9-13-22/h4-13,19-20,24-25H,2-3,14-18H2,1H3. The van der Waals surface area contributed by atoms with Gasteiger partial charge in [-0.3, -0.25) is 4.90 Å². The maximum absolute atomic E-state index is 10.3. The molecular formula is C22H31NO4. The molecule has 2 rings (SSSR count). The molecular weight excluding hydrogens is 342 g/mol. The smallest absolute Gasteiger partial charge is 0.119 e. The molecule has 2 aromatic carbocycles. The average molecular weight is 373 g/mol. The summed E-state index contributed by atoms with van der Waals surface area (Å²) in [5, 5.41) is 20.6. The van der Waals surface area contributed by atoms with Crippen LogP contribution in [0.25, 0.3) is 0 Å². The summed E-state index contributed by atoms with van der Waals surface area (Å²) in [6.07, 6.45) is 0.830. The largest absolute Gasteiger partial charge is 0.491 e. The summed E-state index contributed by atoms with van der Waals surface area (Å²) >= 11 is 0. The Kier molecular flexibility index (Phi) is 9.69. The third kappa shape index (κ3) is 8.91. The van der Waals surface area contributed by atoms with Crippen LogP contribution in [0.1, 0.15) is 19.8 Å². The fourth-order valence-corrected chi connectivity index (χ4v) is 2.76. The fraction of sp³-hybridized carbons (Fsp3) is 0.455. The highest BCUT2D eigenvalue weighted by Gasteiger charge is 2.16. The molecule has 0 spiro atoms. The lowest BCUT2D eigenvalue weighted by Crippen LogP contribution is -2.42. The molecule has 0 saturated heterocycles. The second-order valence-corrected chi connectivity index (χ2v) is 6.67. The molecule has 27 heavy (non-hydrogen) atoms. The summed E-state index contributed by atoms with van der Waals surface area (Å²) in [5.41, 5.74) is 0. The van der Waals surface area contributed by atoms with Crippen molar-refractivity contribution in [3.05, 3.63) is 60.7 Å². The van der Waals surface area contributed by atoms with Gasteiger partial charge in [0.05, 0.1) is 0 Å². The fourth-order valence-electron chi connectivity index (χ4n) is 2.76. The van der Waals surface area contributed by atoms with Gasteiger partial charge in [0.25, 0.3) is 0 Å². The quantitative estimate of drug-likeness (QED) is 0.565. The molecule has 0 aliphatic carbocycles. The van der Waals surface area contributed by atoms with E-state index in [9.17, 15) is 10.2 Å². The molecule has 5 heteroatoms. The Morgan fingerprint density at radius 1 is 0.778 bits per heavy atom. The second-order valence-electron chi connectivity index (χ2n) is 6.67. The molecule has 0 bridgehead atoms. The van der Waals surface area contributed by atoms with E-state index in [4.69, 9.17) is 9.47 Å². The first kappa shape index (κ1) is 21.2. The van der Waals surface area contributed by atoms with Crippen molar-refractivity contribution >= 4 is 0 Å². The van der Waals surface area contributed by atoms with Crippen LogP contribution in [0.15, 0.2) is 60.7 Å². The monoisotopic (exact) mass is 373 g/mol. The van der Waals surface area contributed by atoms with Crippen molar-refractivity contribution in [1.82, 2.24) is 4.90 Å². The molecule has 2 atom stereocenters. The predicted octanol–water partition coefficient (Wildman–Crippen LogP) is 2.97. The van der Waals surface area contributed by atoms with Crippen molar-refractivity contribution in [3.63, 3.8) is 0 Å². The van der Waals surface area contributed by atoms with Gasteiger partial charge in [0.15, 0.2) is 0 Å². The van der Waals surface area contributed by atoms with Crippen LogP contribution in [0.5, 0.6) is 11.5 Å². The van der Waals surface area contributed by atoms with E-state index in [1.54, 1.807) is 0 Å². The van der Waals surface area contributed by atoms with E-state index >= 15 is 0 Å². The molecule has 0 aliphatic rings. The normalized spacial score (nSPS) is 13.3. The van der Waals surface area contributed by atoms with E-state index in [1.165, 1.54) is 0 Å². The molecule has 5 nitrogen and oxygen atoms in total. The van der Waals surface area contributed by atoms with E-state index in [1.807, 2.05) is 60.7 Å². The molecule has 0 heterocycles. The number of benzene rings is 2. The van der Waals surface area contributed by atoms with Crippen LogP contribution in [0.2, 0.25) is 0 Å². The van der Waals surface area contributed by atoms with Gasteiger partial charge in [0.1, 0.15) is 36.9 Å². The number of hydrogen-bond acceptors (Lipinski definition) is 5. The van der Waals surface area contributed by atoms with E-state index in [-0.39, 0.29) is 13.2 Å². The Hall–Kier alpha value is -2.08. The van der Waals surface area contributed by atoms with E-state index in [0.717, 1.165) is 30.9 Å². The van der Waals surface area contributed by atoms with Crippen LogP contribution in [0.4, 0.5) is 0 Å². The number of nitrogens with zero attached hydrogens (tertiary/aromatic N) is 1. The maximum atomic E-state index is 10.3. The molecule has 2 aromatic rings. The summed E-state index contributed by atoms with van der Waals surface area (Å²) in [4.78, 5) is 2.07. The highest BCUT2D eigenvalue weighted by Crippen LogP contribution is 2.10. The Morgan fingerprint density at radius 2 is 1.22 bits per heavy atom. The summed E-state index contributed by atoms with van der Waals surface area (Å²) in [7, 11) is 0. The first-order valence-corrected chi connectivity index (χ1v) is 9.61. The van der Waals surface area contributed by atoms with Crippen molar-refractivity contribution in [2.45, 2.75) is 32.0 Å².